The van der Waals surface area contributed by atoms with Crippen LogP contribution in [0.25, 0.3) is 127 Å². The van der Waals surface area contributed by atoms with Crippen LogP contribution in [-0.4, -0.2) is 23.3 Å². The van der Waals surface area contributed by atoms with Crippen molar-refractivity contribution in [2.45, 2.75) is 26.2 Å². The molecule has 0 N–H and O–H groups in total. The van der Waals surface area contributed by atoms with Gasteiger partial charge < -0.3 is 23.0 Å². The molecule has 0 bridgehead atoms. The van der Waals surface area contributed by atoms with Gasteiger partial charge in [0.15, 0.2) is 0 Å². The summed E-state index contributed by atoms with van der Waals surface area (Å²) in [4.78, 5) is 5.27. The van der Waals surface area contributed by atoms with Crippen LogP contribution in [0.15, 0.2) is 261 Å². The Hall–Kier alpha value is -10.1. The molecule has 0 aliphatic heterocycles. The van der Waals surface area contributed by atoms with Gasteiger partial charge in [-0.3, -0.25) is 4.57 Å². The predicted molar refractivity (Wildman–Crippen MR) is 338 cm³/mol. The standard InChI is InChI=1S/C76H52N6O.Pt/c1-76(2,3)52-44-45-77-68(46-52)82-67-48-57(83-56-33-22-32-55(47-56)78-49-79(66-41-21-20-40-65(66)78)72-58(50-24-8-4-9-25-50)36-23-37-59(72)51-26-10-5-11-27-51)42-43-62(67)69-70-60-34-16-18-38-63(60)80(53-28-12-6-13-29-53)74(70)75-71(73(69)82)61-35-17-19-39-64(61)81(75)54-30-14-7-15-31-54;/h4-46H,1-3H3;/q-2;. The van der Waals surface area contributed by atoms with Crippen molar-refractivity contribution in [3.8, 4) is 62.3 Å². The summed E-state index contributed by atoms with van der Waals surface area (Å²) in [6.45, 7) is 6.77. The Balaban J connectivity index is 0.00000600. The fraction of sp³-hybridized carbons (Fsp3) is 0.0526. The topological polar surface area (TPSA) is 45.7 Å². The summed E-state index contributed by atoms with van der Waals surface area (Å²) in [5.41, 5.74) is 17.8. The van der Waals surface area contributed by atoms with Crippen LogP contribution in [0.4, 0.5) is 0 Å². The molecule has 5 heterocycles. The molecule has 11 aromatic carbocycles. The van der Waals surface area contributed by atoms with Gasteiger partial charge in [0.2, 0.25) is 0 Å². The van der Waals surface area contributed by atoms with Crippen molar-refractivity contribution in [2.24, 2.45) is 0 Å². The number of hydrogen-bond donors (Lipinski definition) is 0. The smallest absolute Gasteiger partial charge is 0.268 e. The van der Waals surface area contributed by atoms with Crippen molar-refractivity contribution < 1.29 is 30.4 Å². The maximum Gasteiger partial charge on any atom is 0.268 e. The van der Waals surface area contributed by atoms with E-state index in [-0.39, 0.29) is 26.5 Å². The Morgan fingerprint density at radius 1 is 0.440 bits per heavy atom. The zero-order valence-corrected chi connectivity index (χ0v) is 48.5. The number of benzene rings is 11. The van der Waals surface area contributed by atoms with Crippen molar-refractivity contribution in [1.82, 2.24) is 23.3 Å². The summed E-state index contributed by atoms with van der Waals surface area (Å²) >= 11 is 0. The number of nitrogens with zero attached hydrogens (tertiary/aromatic N) is 6. The minimum atomic E-state index is -0.151. The monoisotopic (exact) mass is 1260 g/mol. The second-order valence-corrected chi connectivity index (χ2v) is 22.3. The summed E-state index contributed by atoms with van der Waals surface area (Å²) < 4.78 is 18.6. The summed E-state index contributed by atoms with van der Waals surface area (Å²) in [6.07, 6.45) is 5.77. The maximum atomic E-state index is 7.02. The molecule has 0 spiro atoms. The summed E-state index contributed by atoms with van der Waals surface area (Å²) in [5.74, 6) is 1.90. The summed E-state index contributed by atoms with van der Waals surface area (Å²) in [6, 6.07) is 97.8. The van der Waals surface area contributed by atoms with Crippen LogP contribution >= 0.6 is 0 Å². The number of hydrogen-bond acceptors (Lipinski definition) is 2. The van der Waals surface area contributed by atoms with E-state index in [9.17, 15) is 0 Å². The van der Waals surface area contributed by atoms with Gasteiger partial charge >= 0.3 is 0 Å². The predicted octanol–water partition coefficient (Wildman–Crippen LogP) is 18.4. The average Bonchev–Trinajstić information content (AvgIpc) is 1.53. The van der Waals surface area contributed by atoms with Gasteiger partial charge in [-0.15, -0.1) is 29.7 Å². The van der Waals surface area contributed by atoms with E-state index in [1.807, 2.05) is 18.3 Å². The number of aromatic nitrogens is 6. The first kappa shape index (κ1) is 50.9. The molecule has 16 rings (SSSR count). The van der Waals surface area contributed by atoms with E-state index < -0.39 is 0 Å². The third-order valence-corrected chi connectivity index (χ3v) is 16.4. The SMILES string of the molecule is CC(C)(C)c1ccnc(-n2c3[c-]c(Oc4[c-]c(-[n+]5[c-]n(-c6c(-c7ccccc7)cccc6-c6ccccc6)c6ccccc65)ccc4)ccc3c3c4c5ccccc5n(-c5ccccc5)c4c4c(c5ccccc5n4-c4ccccc4)c32)c1.[Pt]. The summed E-state index contributed by atoms with van der Waals surface area (Å²) in [5, 5.41) is 6.73. The Bertz CT molecular complexity index is 5150. The second kappa shape index (κ2) is 20.1. The van der Waals surface area contributed by atoms with Crippen molar-refractivity contribution in [3.05, 3.63) is 285 Å². The molecule has 84 heavy (non-hydrogen) atoms. The van der Waals surface area contributed by atoms with Crippen LogP contribution in [0.2, 0.25) is 0 Å². The van der Waals surface area contributed by atoms with Crippen LogP contribution in [0.1, 0.15) is 26.3 Å². The van der Waals surface area contributed by atoms with E-state index in [1.54, 1.807) is 0 Å². The molecule has 8 heteroatoms. The van der Waals surface area contributed by atoms with Gasteiger partial charge in [0.25, 0.3) is 6.33 Å². The zero-order valence-electron chi connectivity index (χ0n) is 46.2. The van der Waals surface area contributed by atoms with E-state index in [1.165, 1.54) is 5.56 Å². The van der Waals surface area contributed by atoms with E-state index in [4.69, 9.17) is 9.72 Å². The van der Waals surface area contributed by atoms with Crippen molar-refractivity contribution in [2.75, 3.05) is 0 Å². The molecule has 0 amide bonds. The van der Waals surface area contributed by atoms with Gasteiger partial charge in [-0.2, -0.15) is 18.2 Å². The first-order valence-electron chi connectivity index (χ1n) is 28.2. The Morgan fingerprint density at radius 2 is 0.964 bits per heavy atom. The molecule has 5 aromatic heterocycles. The fourth-order valence-electron chi connectivity index (χ4n) is 12.7. The Morgan fingerprint density at radius 3 is 1.60 bits per heavy atom. The molecular weight excluding hydrogens is 1210 g/mol. The molecule has 0 saturated heterocycles. The van der Waals surface area contributed by atoms with E-state index in [2.05, 4.69) is 305 Å². The van der Waals surface area contributed by atoms with Crippen LogP contribution in [0, 0.1) is 18.5 Å². The number of fused-ring (bicyclic) bond motifs is 13. The molecule has 0 aliphatic carbocycles. The first-order chi connectivity index (χ1) is 40.9. The van der Waals surface area contributed by atoms with Crippen LogP contribution in [0.3, 0.4) is 0 Å². The maximum absolute atomic E-state index is 7.02. The summed E-state index contributed by atoms with van der Waals surface area (Å²) in [7, 11) is 0. The Labute approximate surface area is 500 Å². The molecule has 0 saturated carbocycles. The van der Waals surface area contributed by atoms with Crippen molar-refractivity contribution >= 4 is 76.5 Å². The molecule has 0 aliphatic rings. The molecule has 0 fully saturated rings. The molecule has 16 aromatic rings. The van der Waals surface area contributed by atoms with E-state index in [0.717, 1.165) is 127 Å². The number of ether oxygens (including phenoxy) is 1. The van der Waals surface area contributed by atoms with Gasteiger partial charge in [0.05, 0.1) is 44.3 Å². The fourth-order valence-corrected chi connectivity index (χ4v) is 12.7. The largest absolute Gasteiger partial charge is 0.510 e. The second-order valence-electron chi connectivity index (χ2n) is 22.3. The van der Waals surface area contributed by atoms with Gasteiger partial charge in [0, 0.05) is 71.7 Å². The third kappa shape index (κ3) is 8.06. The minimum absolute atomic E-state index is 0. The van der Waals surface area contributed by atoms with Gasteiger partial charge in [-0.25, -0.2) is 4.98 Å². The number of rotatable bonds is 9. The molecule has 404 valence electrons. The number of pyridine rings is 1. The molecule has 0 unspecified atom stereocenters. The van der Waals surface area contributed by atoms with Crippen molar-refractivity contribution in [1.29, 1.82) is 0 Å². The van der Waals surface area contributed by atoms with Gasteiger partial charge in [-0.1, -0.05) is 202 Å². The first-order valence-corrected chi connectivity index (χ1v) is 28.2. The molecule has 7 nitrogen and oxygen atoms in total. The van der Waals surface area contributed by atoms with Crippen LogP contribution < -0.4 is 9.30 Å². The number of imidazole rings is 1. The average molecular weight is 1260 g/mol. The van der Waals surface area contributed by atoms with Crippen molar-refractivity contribution in [3.63, 3.8) is 0 Å². The third-order valence-electron chi connectivity index (χ3n) is 16.4. The minimum Gasteiger partial charge on any atom is -0.510 e. The van der Waals surface area contributed by atoms with Gasteiger partial charge in [0.1, 0.15) is 5.82 Å². The van der Waals surface area contributed by atoms with E-state index in [0.29, 0.717) is 11.5 Å². The Kier molecular flexibility index (Phi) is 12.2. The van der Waals surface area contributed by atoms with Crippen LogP contribution in [0.5, 0.6) is 11.5 Å². The quantitative estimate of drug-likeness (QED) is 0.107. The molecule has 0 radical (unpaired) electrons. The molecule has 0 atom stereocenters. The zero-order chi connectivity index (χ0) is 55.3. The molecular formula is C76H52N6OPt-2. The van der Waals surface area contributed by atoms with E-state index >= 15 is 0 Å². The van der Waals surface area contributed by atoms with Crippen LogP contribution in [-0.2, 0) is 26.5 Å². The van der Waals surface area contributed by atoms with Gasteiger partial charge in [-0.05, 0) is 92.8 Å². The normalized spacial score (nSPS) is 11.9. The number of para-hydroxylation sites is 7.